The molecule has 0 bridgehead atoms. The number of piperidine rings is 1. The van der Waals surface area contributed by atoms with Crippen LogP contribution < -0.4 is 10.6 Å². The fourth-order valence-corrected chi connectivity index (χ4v) is 2.58. The first-order valence-corrected chi connectivity index (χ1v) is 6.97. The molecule has 1 saturated heterocycles. The Kier molecular flexibility index (Phi) is 4.89. The van der Waals surface area contributed by atoms with Crippen molar-refractivity contribution in [1.29, 1.82) is 0 Å². The van der Waals surface area contributed by atoms with Gasteiger partial charge in [-0.2, -0.15) is 0 Å². The zero-order valence-electron chi connectivity index (χ0n) is 11.6. The van der Waals surface area contributed by atoms with E-state index in [4.69, 9.17) is 0 Å². The Morgan fingerprint density at radius 1 is 1.55 bits per heavy atom. The monoisotopic (exact) mass is 281 g/mol. The summed E-state index contributed by atoms with van der Waals surface area (Å²) in [5, 5.41) is 17.1. The van der Waals surface area contributed by atoms with Crippen LogP contribution in [0.3, 0.4) is 0 Å². The molecular formula is C14H20FN3O2. The van der Waals surface area contributed by atoms with Gasteiger partial charge in [0.1, 0.15) is 0 Å². The Hall–Kier alpha value is -1.69. The van der Waals surface area contributed by atoms with Crippen LogP contribution in [0.2, 0.25) is 0 Å². The van der Waals surface area contributed by atoms with Gasteiger partial charge < -0.3 is 10.6 Å². The largest absolute Gasteiger partial charge is 0.383 e. The van der Waals surface area contributed by atoms with Gasteiger partial charge >= 0.3 is 0 Å². The first-order chi connectivity index (χ1) is 9.58. The van der Waals surface area contributed by atoms with Crippen LogP contribution in [0, 0.1) is 28.8 Å². The van der Waals surface area contributed by atoms with Crippen molar-refractivity contribution in [3.05, 3.63) is 33.6 Å². The Morgan fingerprint density at radius 2 is 2.35 bits per heavy atom. The number of nitro groups is 1. The van der Waals surface area contributed by atoms with Gasteiger partial charge in [-0.15, -0.1) is 0 Å². The summed E-state index contributed by atoms with van der Waals surface area (Å²) in [7, 11) is 0. The average molecular weight is 281 g/mol. The molecule has 0 saturated carbocycles. The minimum Gasteiger partial charge on any atom is -0.383 e. The highest BCUT2D eigenvalue weighted by molar-refractivity contribution is 5.54. The molecule has 20 heavy (non-hydrogen) atoms. The van der Waals surface area contributed by atoms with Gasteiger partial charge in [0, 0.05) is 12.1 Å². The average Bonchev–Trinajstić information content (AvgIpc) is 2.43. The van der Waals surface area contributed by atoms with Gasteiger partial charge in [0.15, 0.2) is 5.82 Å². The van der Waals surface area contributed by atoms with Crippen molar-refractivity contribution in [2.45, 2.75) is 26.2 Å². The maximum Gasteiger partial charge on any atom is 0.275 e. The third-order valence-corrected chi connectivity index (χ3v) is 3.75. The number of anilines is 1. The summed E-state index contributed by atoms with van der Waals surface area (Å²) in [4.78, 5) is 10.2. The summed E-state index contributed by atoms with van der Waals surface area (Å²) in [6, 6.07) is 2.49. The second kappa shape index (κ2) is 6.65. The molecule has 0 spiro atoms. The van der Waals surface area contributed by atoms with Crippen molar-refractivity contribution < 1.29 is 9.31 Å². The Balaban J connectivity index is 1.92. The number of hydrogen-bond donors (Lipinski definition) is 2. The van der Waals surface area contributed by atoms with E-state index in [2.05, 4.69) is 10.6 Å². The Bertz CT molecular complexity index is 488. The van der Waals surface area contributed by atoms with E-state index in [9.17, 15) is 14.5 Å². The molecule has 1 aliphatic rings. The molecule has 2 N–H and O–H groups in total. The number of nitro benzene ring substituents is 1. The molecule has 1 aromatic rings. The van der Waals surface area contributed by atoms with E-state index in [1.165, 1.54) is 18.9 Å². The quantitative estimate of drug-likeness (QED) is 0.643. The topological polar surface area (TPSA) is 67.2 Å². The fourth-order valence-electron chi connectivity index (χ4n) is 2.58. The second-order valence-corrected chi connectivity index (χ2v) is 5.30. The first-order valence-electron chi connectivity index (χ1n) is 6.97. The summed E-state index contributed by atoms with van der Waals surface area (Å²) >= 11 is 0. The minimum atomic E-state index is -0.566. The zero-order chi connectivity index (χ0) is 14.5. The predicted molar refractivity (Wildman–Crippen MR) is 76.5 cm³/mol. The molecule has 6 heteroatoms. The first kappa shape index (κ1) is 14.7. The fraction of sp³-hybridized carbons (Fsp3) is 0.571. The zero-order valence-corrected chi connectivity index (χ0v) is 11.6. The van der Waals surface area contributed by atoms with E-state index < -0.39 is 10.7 Å². The smallest absolute Gasteiger partial charge is 0.275 e. The minimum absolute atomic E-state index is 0.176. The molecule has 1 atom stereocenters. The number of halogens is 1. The summed E-state index contributed by atoms with van der Waals surface area (Å²) < 4.78 is 13.8. The SMILES string of the molecule is Cc1cc(NCCC2CCCNC2)c(F)cc1[N+](=O)[O-]. The van der Waals surface area contributed by atoms with Gasteiger partial charge in [-0.25, -0.2) is 4.39 Å². The van der Waals surface area contributed by atoms with Crippen molar-refractivity contribution in [3.63, 3.8) is 0 Å². The third-order valence-electron chi connectivity index (χ3n) is 3.75. The van der Waals surface area contributed by atoms with E-state index in [1.807, 2.05) is 0 Å². The van der Waals surface area contributed by atoms with Crippen LogP contribution in [0.25, 0.3) is 0 Å². The van der Waals surface area contributed by atoms with Crippen LogP contribution >= 0.6 is 0 Å². The normalized spacial score (nSPS) is 18.8. The number of rotatable bonds is 5. The van der Waals surface area contributed by atoms with Crippen molar-refractivity contribution in [2.75, 3.05) is 25.0 Å². The standard InChI is InChI=1S/C14H20FN3O2/c1-10-7-13(12(15)8-14(10)18(19)20)17-6-4-11-3-2-5-16-9-11/h7-8,11,16-17H,2-6,9H2,1H3. The lowest BCUT2D eigenvalue weighted by molar-refractivity contribution is -0.385. The van der Waals surface area contributed by atoms with Crippen LogP contribution in [-0.4, -0.2) is 24.6 Å². The van der Waals surface area contributed by atoms with Gasteiger partial charge in [0.2, 0.25) is 0 Å². The third kappa shape index (κ3) is 3.66. The highest BCUT2D eigenvalue weighted by Gasteiger charge is 2.16. The summed E-state index contributed by atoms with van der Waals surface area (Å²) in [6.45, 7) is 4.40. The van der Waals surface area contributed by atoms with Crippen molar-refractivity contribution in [3.8, 4) is 0 Å². The van der Waals surface area contributed by atoms with Crippen LogP contribution in [0.5, 0.6) is 0 Å². The van der Waals surface area contributed by atoms with Gasteiger partial charge in [0.05, 0.1) is 16.7 Å². The highest BCUT2D eigenvalue weighted by atomic mass is 19.1. The Labute approximate surface area is 117 Å². The van der Waals surface area contributed by atoms with Crippen molar-refractivity contribution in [1.82, 2.24) is 5.32 Å². The van der Waals surface area contributed by atoms with E-state index in [-0.39, 0.29) is 5.69 Å². The van der Waals surface area contributed by atoms with E-state index >= 15 is 0 Å². The van der Waals surface area contributed by atoms with Crippen LogP contribution in [-0.2, 0) is 0 Å². The molecule has 1 fully saturated rings. The molecule has 110 valence electrons. The number of nitrogens with zero attached hydrogens (tertiary/aromatic N) is 1. The number of benzene rings is 1. The number of aryl methyl sites for hydroxylation is 1. The van der Waals surface area contributed by atoms with E-state index in [0.717, 1.165) is 25.6 Å². The summed E-state index contributed by atoms with van der Waals surface area (Å²) in [5.41, 5.74) is 0.639. The number of nitrogens with one attached hydrogen (secondary N) is 2. The van der Waals surface area contributed by atoms with E-state index in [0.29, 0.717) is 23.7 Å². The predicted octanol–water partition coefficient (Wildman–Crippen LogP) is 2.84. The molecule has 0 aliphatic carbocycles. The highest BCUT2D eigenvalue weighted by Crippen LogP contribution is 2.25. The summed E-state index contributed by atoms with van der Waals surface area (Å²) in [5.74, 6) is 0.0579. The van der Waals surface area contributed by atoms with E-state index in [1.54, 1.807) is 6.92 Å². The molecule has 0 amide bonds. The van der Waals surface area contributed by atoms with Gasteiger partial charge in [0.25, 0.3) is 5.69 Å². The molecular weight excluding hydrogens is 261 g/mol. The lowest BCUT2D eigenvalue weighted by atomic mass is 9.96. The second-order valence-electron chi connectivity index (χ2n) is 5.30. The van der Waals surface area contributed by atoms with Crippen LogP contribution in [0.4, 0.5) is 15.8 Å². The van der Waals surface area contributed by atoms with Gasteiger partial charge in [-0.1, -0.05) is 0 Å². The summed E-state index contributed by atoms with van der Waals surface area (Å²) in [6.07, 6.45) is 3.37. The Morgan fingerprint density at radius 3 is 3.00 bits per heavy atom. The van der Waals surface area contributed by atoms with Crippen LogP contribution in [0.1, 0.15) is 24.8 Å². The molecule has 1 heterocycles. The lowest BCUT2D eigenvalue weighted by Crippen LogP contribution is -2.30. The van der Waals surface area contributed by atoms with Crippen molar-refractivity contribution in [2.24, 2.45) is 5.92 Å². The van der Waals surface area contributed by atoms with Crippen LogP contribution in [0.15, 0.2) is 12.1 Å². The molecule has 0 aromatic heterocycles. The molecule has 1 unspecified atom stereocenters. The molecule has 0 radical (unpaired) electrons. The maximum absolute atomic E-state index is 13.8. The molecule has 2 rings (SSSR count). The molecule has 1 aromatic carbocycles. The van der Waals surface area contributed by atoms with Crippen molar-refractivity contribution >= 4 is 11.4 Å². The van der Waals surface area contributed by atoms with Gasteiger partial charge in [-0.3, -0.25) is 10.1 Å². The molecule has 5 nitrogen and oxygen atoms in total. The maximum atomic E-state index is 13.8. The number of hydrogen-bond acceptors (Lipinski definition) is 4. The lowest BCUT2D eigenvalue weighted by Gasteiger charge is -2.22. The molecule has 1 aliphatic heterocycles. The van der Waals surface area contributed by atoms with Gasteiger partial charge in [-0.05, 0) is 51.3 Å².